The average Bonchev–Trinajstić information content (AvgIpc) is 2.57. The summed E-state index contributed by atoms with van der Waals surface area (Å²) in [6.45, 7) is 8.06. The fourth-order valence-corrected chi connectivity index (χ4v) is 5.04. The molecule has 0 amide bonds. The first kappa shape index (κ1) is 20.8. The van der Waals surface area contributed by atoms with Crippen LogP contribution in [0.2, 0.25) is 5.02 Å². The molecule has 0 aromatic heterocycles. The summed E-state index contributed by atoms with van der Waals surface area (Å²) in [4.78, 5) is 37.3. The number of Topliss-reactive ketones (excluding diaryl/α,β-unsaturated/α-hetero) is 2. The molecule has 0 atom stereocenters. The van der Waals surface area contributed by atoms with Gasteiger partial charge in [0, 0.05) is 48.8 Å². The van der Waals surface area contributed by atoms with Crippen molar-refractivity contribution in [2.45, 2.75) is 59.3 Å². The number of carbonyl (C=O) groups is 2. The van der Waals surface area contributed by atoms with Gasteiger partial charge in [0.25, 0.3) is 5.69 Å². The molecule has 0 bridgehead atoms. The summed E-state index contributed by atoms with van der Waals surface area (Å²) in [5.41, 5.74) is 0.695. The molecule has 0 fully saturated rings. The minimum absolute atomic E-state index is 0.0198. The first-order valence-electron chi connectivity index (χ1n) is 10.0. The number of hydrogen-bond donors (Lipinski definition) is 0. The van der Waals surface area contributed by atoms with Gasteiger partial charge in [-0.25, -0.2) is 0 Å². The highest BCUT2D eigenvalue weighted by molar-refractivity contribution is 6.32. The van der Waals surface area contributed by atoms with Crippen molar-refractivity contribution in [3.05, 3.63) is 61.6 Å². The summed E-state index contributed by atoms with van der Waals surface area (Å²) >= 11 is 6.01. The van der Waals surface area contributed by atoms with Crippen LogP contribution in [0.15, 0.2) is 40.9 Å². The van der Waals surface area contributed by atoms with Crippen molar-refractivity contribution in [3.63, 3.8) is 0 Å². The summed E-state index contributed by atoms with van der Waals surface area (Å²) in [6, 6.07) is 4.51. The number of nitro groups is 1. The van der Waals surface area contributed by atoms with Gasteiger partial charge in [0.1, 0.15) is 16.5 Å². The first-order valence-corrected chi connectivity index (χ1v) is 10.4. The monoisotopic (exact) mass is 429 g/mol. The molecule has 2 aliphatic carbocycles. The van der Waals surface area contributed by atoms with Crippen LogP contribution < -0.4 is 0 Å². The zero-order chi connectivity index (χ0) is 22.0. The molecule has 4 rings (SSSR count). The third kappa shape index (κ3) is 3.47. The van der Waals surface area contributed by atoms with E-state index in [1.165, 1.54) is 12.1 Å². The van der Waals surface area contributed by atoms with Gasteiger partial charge < -0.3 is 4.74 Å². The zero-order valence-corrected chi connectivity index (χ0v) is 18.3. The number of carbonyl (C=O) groups excluding carboxylic acids is 2. The number of nitrogens with zero attached hydrogens (tertiary/aromatic N) is 1. The van der Waals surface area contributed by atoms with Gasteiger partial charge in [-0.2, -0.15) is 0 Å². The van der Waals surface area contributed by atoms with Gasteiger partial charge in [-0.1, -0.05) is 45.4 Å². The van der Waals surface area contributed by atoms with Crippen LogP contribution in [0.5, 0.6) is 0 Å². The summed E-state index contributed by atoms with van der Waals surface area (Å²) in [6.07, 6.45) is 1.82. The van der Waals surface area contributed by atoms with E-state index < -0.39 is 10.8 Å². The van der Waals surface area contributed by atoms with Crippen LogP contribution in [-0.2, 0) is 14.3 Å². The highest BCUT2D eigenvalue weighted by Crippen LogP contribution is 2.53. The molecule has 0 saturated heterocycles. The molecule has 1 aliphatic heterocycles. The Morgan fingerprint density at radius 2 is 1.47 bits per heavy atom. The molecule has 0 radical (unpaired) electrons. The van der Waals surface area contributed by atoms with Crippen LogP contribution in [0.25, 0.3) is 0 Å². The van der Waals surface area contributed by atoms with Crippen molar-refractivity contribution < 1.29 is 19.2 Å². The topological polar surface area (TPSA) is 86.5 Å². The number of benzene rings is 1. The molecule has 158 valence electrons. The van der Waals surface area contributed by atoms with Crippen molar-refractivity contribution in [3.8, 4) is 0 Å². The number of allylic oxidation sites excluding steroid dienone is 4. The van der Waals surface area contributed by atoms with Crippen LogP contribution in [0.1, 0.15) is 64.9 Å². The first-order chi connectivity index (χ1) is 13.9. The van der Waals surface area contributed by atoms with E-state index in [9.17, 15) is 19.7 Å². The maximum atomic E-state index is 13.2. The van der Waals surface area contributed by atoms with Gasteiger partial charge in [0.05, 0.1) is 4.92 Å². The highest BCUT2D eigenvalue weighted by atomic mass is 35.5. The minimum Gasteiger partial charge on any atom is -0.465 e. The molecule has 0 unspecified atom stereocenters. The number of rotatable bonds is 2. The summed E-state index contributed by atoms with van der Waals surface area (Å²) in [5, 5.41) is 11.5. The fourth-order valence-electron chi connectivity index (χ4n) is 4.86. The predicted octanol–water partition coefficient (Wildman–Crippen LogP) is 5.65. The largest absolute Gasteiger partial charge is 0.465 e. The molecule has 30 heavy (non-hydrogen) atoms. The smallest absolute Gasteiger partial charge is 0.288 e. The van der Waals surface area contributed by atoms with Gasteiger partial charge in [-0.05, 0) is 22.5 Å². The van der Waals surface area contributed by atoms with Crippen LogP contribution in [0.3, 0.4) is 0 Å². The second-order valence-corrected chi connectivity index (χ2v) is 10.5. The van der Waals surface area contributed by atoms with E-state index in [2.05, 4.69) is 0 Å². The van der Waals surface area contributed by atoms with Crippen LogP contribution in [-0.4, -0.2) is 16.5 Å². The van der Waals surface area contributed by atoms with Crippen molar-refractivity contribution in [1.82, 2.24) is 0 Å². The minimum atomic E-state index is -0.660. The summed E-state index contributed by atoms with van der Waals surface area (Å²) in [7, 11) is 0. The van der Waals surface area contributed by atoms with Crippen molar-refractivity contribution in [2.75, 3.05) is 0 Å². The van der Waals surface area contributed by atoms with Crippen LogP contribution in [0, 0.1) is 20.9 Å². The molecule has 1 aromatic carbocycles. The predicted molar refractivity (Wildman–Crippen MR) is 112 cm³/mol. The van der Waals surface area contributed by atoms with Gasteiger partial charge in [-0.3, -0.25) is 19.7 Å². The Morgan fingerprint density at radius 3 is 1.93 bits per heavy atom. The lowest BCUT2D eigenvalue weighted by molar-refractivity contribution is -0.384. The third-order valence-corrected chi connectivity index (χ3v) is 6.40. The third-order valence-electron chi connectivity index (χ3n) is 6.08. The van der Waals surface area contributed by atoms with Crippen molar-refractivity contribution in [2.24, 2.45) is 10.8 Å². The van der Waals surface area contributed by atoms with E-state index in [0.717, 1.165) is 0 Å². The van der Waals surface area contributed by atoms with Crippen molar-refractivity contribution >= 4 is 28.9 Å². The van der Waals surface area contributed by atoms with Gasteiger partial charge in [0.2, 0.25) is 0 Å². The Balaban J connectivity index is 1.94. The lowest BCUT2D eigenvalue weighted by atomic mass is 9.65. The Labute approximate surface area is 180 Å². The molecular weight excluding hydrogens is 406 g/mol. The number of halogens is 1. The Bertz CT molecular complexity index is 1010. The quantitative estimate of drug-likeness (QED) is 0.448. The van der Waals surface area contributed by atoms with E-state index in [1.807, 2.05) is 27.7 Å². The fraction of sp³-hybridized carbons (Fsp3) is 0.478. The van der Waals surface area contributed by atoms with Gasteiger partial charge in [0.15, 0.2) is 11.6 Å². The number of ketones is 2. The lowest BCUT2D eigenvalue weighted by Crippen LogP contribution is -2.37. The zero-order valence-electron chi connectivity index (χ0n) is 17.5. The normalized spacial score (nSPS) is 23.1. The SMILES string of the molecule is CC1(C)CC(=O)C2=C(C1)OC1=C(C(=O)CC(C)(C)C1)C2c1ccc(Cl)c([N+](=O)[O-])c1. The number of nitro benzene ring substituents is 1. The summed E-state index contributed by atoms with van der Waals surface area (Å²) in [5.74, 6) is 0.360. The van der Waals surface area contributed by atoms with Gasteiger partial charge >= 0.3 is 0 Å². The lowest BCUT2D eigenvalue weighted by Gasteiger charge is -2.42. The van der Waals surface area contributed by atoms with E-state index in [4.69, 9.17) is 16.3 Å². The average molecular weight is 430 g/mol. The maximum absolute atomic E-state index is 13.2. The number of hydrogen-bond acceptors (Lipinski definition) is 5. The van der Waals surface area contributed by atoms with Crippen molar-refractivity contribution in [1.29, 1.82) is 0 Å². The van der Waals surface area contributed by atoms with Crippen LogP contribution >= 0.6 is 11.6 Å². The molecule has 0 saturated carbocycles. The standard InChI is InChI=1S/C23H24ClNO5/c1-22(2)8-15(26)20-17(10-22)30-18-11-23(3,4)9-16(27)21(18)19(20)12-5-6-13(24)14(7-12)25(28)29/h5-7,19H,8-11H2,1-4H3. The Kier molecular flexibility index (Phi) is 4.69. The molecule has 0 N–H and O–H groups in total. The summed E-state index contributed by atoms with van der Waals surface area (Å²) < 4.78 is 6.22. The molecule has 7 heteroatoms. The molecule has 0 spiro atoms. The van der Waals surface area contributed by atoms with E-state index >= 15 is 0 Å². The second-order valence-electron chi connectivity index (χ2n) is 10.1. The van der Waals surface area contributed by atoms with E-state index in [-0.39, 0.29) is 33.1 Å². The maximum Gasteiger partial charge on any atom is 0.288 e. The Morgan fingerprint density at radius 1 is 0.967 bits per heavy atom. The molecule has 1 aromatic rings. The van der Waals surface area contributed by atoms with E-state index in [0.29, 0.717) is 53.9 Å². The highest BCUT2D eigenvalue weighted by Gasteiger charge is 2.48. The van der Waals surface area contributed by atoms with Crippen LogP contribution in [0.4, 0.5) is 5.69 Å². The van der Waals surface area contributed by atoms with E-state index in [1.54, 1.807) is 6.07 Å². The van der Waals surface area contributed by atoms with Gasteiger partial charge in [-0.15, -0.1) is 0 Å². The molecule has 3 aliphatic rings. The Hall–Kier alpha value is -2.47. The second kappa shape index (κ2) is 6.77. The molecular formula is C23H24ClNO5. The molecule has 6 nitrogen and oxygen atoms in total. The number of ether oxygens (including phenoxy) is 1. The molecule has 1 heterocycles.